The summed E-state index contributed by atoms with van der Waals surface area (Å²) >= 11 is 0. The van der Waals surface area contributed by atoms with Gasteiger partial charge in [0, 0.05) is 11.8 Å². The van der Waals surface area contributed by atoms with E-state index in [4.69, 9.17) is 11.2 Å². The fraction of sp³-hybridized carbons (Fsp3) is 0.182. The van der Waals surface area contributed by atoms with Crippen LogP contribution in [0.3, 0.4) is 0 Å². The minimum absolute atomic E-state index is 0.0418. The predicted molar refractivity (Wildman–Crippen MR) is 52.9 cm³/mol. The summed E-state index contributed by atoms with van der Waals surface area (Å²) in [6, 6.07) is 3.22. The van der Waals surface area contributed by atoms with Crippen molar-refractivity contribution in [3.8, 4) is 12.3 Å². The molecule has 0 aliphatic carbocycles. The summed E-state index contributed by atoms with van der Waals surface area (Å²) in [5.74, 6) is 1.74. The zero-order valence-corrected chi connectivity index (χ0v) is 7.97. The van der Waals surface area contributed by atoms with E-state index in [1.807, 2.05) is 0 Å². The van der Waals surface area contributed by atoms with Crippen molar-refractivity contribution in [3.05, 3.63) is 29.6 Å². The van der Waals surface area contributed by atoms with Crippen LogP contribution in [0.4, 0.5) is 0 Å². The predicted octanol–water partition coefficient (Wildman–Crippen LogP) is 0.961. The summed E-state index contributed by atoms with van der Waals surface area (Å²) in [7, 11) is 0. The first kappa shape index (κ1) is 10.9. The molecule has 0 amide bonds. The van der Waals surface area contributed by atoms with Gasteiger partial charge in [-0.25, -0.2) is 0 Å². The average molecular weight is 203 g/mol. The van der Waals surface area contributed by atoms with Gasteiger partial charge >= 0.3 is 5.97 Å². The van der Waals surface area contributed by atoms with Gasteiger partial charge in [0.25, 0.3) is 0 Å². The first-order valence-corrected chi connectivity index (χ1v) is 4.25. The SMILES string of the molecule is C#CCC(=O)OCc1ccc(C=O)nc1. The Bertz CT molecular complexity index is 389. The molecule has 0 bridgehead atoms. The Morgan fingerprint density at radius 3 is 2.93 bits per heavy atom. The molecule has 0 N–H and O–H groups in total. The van der Waals surface area contributed by atoms with Crippen molar-refractivity contribution in [1.82, 2.24) is 4.98 Å². The average Bonchev–Trinajstić information content (AvgIpc) is 2.27. The van der Waals surface area contributed by atoms with E-state index in [1.54, 1.807) is 12.1 Å². The van der Waals surface area contributed by atoms with E-state index in [2.05, 4.69) is 10.9 Å². The molecule has 0 aliphatic heterocycles. The summed E-state index contributed by atoms with van der Waals surface area (Å²) in [6.07, 6.45) is 7.02. The highest BCUT2D eigenvalue weighted by molar-refractivity contribution is 5.72. The van der Waals surface area contributed by atoms with Crippen molar-refractivity contribution in [2.45, 2.75) is 13.0 Å². The summed E-state index contributed by atoms with van der Waals surface area (Å²) in [5, 5.41) is 0. The summed E-state index contributed by atoms with van der Waals surface area (Å²) in [6.45, 7) is 0.118. The van der Waals surface area contributed by atoms with Crippen molar-refractivity contribution >= 4 is 12.3 Å². The topological polar surface area (TPSA) is 56.3 Å². The maximum Gasteiger partial charge on any atom is 0.318 e. The Balaban J connectivity index is 2.48. The third kappa shape index (κ3) is 3.61. The summed E-state index contributed by atoms with van der Waals surface area (Å²) < 4.78 is 4.83. The van der Waals surface area contributed by atoms with Crippen LogP contribution in [0, 0.1) is 12.3 Å². The van der Waals surface area contributed by atoms with Crippen molar-refractivity contribution in [1.29, 1.82) is 0 Å². The monoisotopic (exact) mass is 203 g/mol. The largest absolute Gasteiger partial charge is 0.460 e. The Hall–Kier alpha value is -2.15. The van der Waals surface area contributed by atoms with Crippen LogP contribution >= 0.6 is 0 Å². The molecule has 0 saturated heterocycles. The van der Waals surface area contributed by atoms with Crippen LogP contribution in [0.15, 0.2) is 18.3 Å². The minimum atomic E-state index is -0.447. The molecule has 1 aromatic rings. The van der Waals surface area contributed by atoms with Crippen molar-refractivity contribution < 1.29 is 14.3 Å². The van der Waals surface area contributed by atoms with Gasteiger partial charge in [0.2, 0.25) is 0 Å². The fourth-order valence-electron chi connectivity index (χ4n) is 0.889. The minimum Gasteiger partial charge on any atom is -0.460 e. The number of aromatic nitrogens is 1. The molecular formula is C11H9NO3. The van der Waals surface area contributed by atoms with E-state index in [0.29, 0.717) is 17.5 Å². The maximum absolute atomic E-state index is 10.9. The number of ether oxygens (including phenoxy) is 1. The van der Waals surface area contributed by atoms with E-state index in [1.165, 1.54) is 6.20 Å². The number of aldehydes is 1. The van der Waals surface area contributed by atoms with Crippen LogP contribution in [-0.4, -0.2) is 17.2 Å². The smallest absolute Gasteiger partial charge is 0.318 e. The molecule has 1 heterocycles. The maximum atomic E-state index is 10.9. The van der Waals surface area contributed by atoms with Crippen LogP contribution in [0.1, 0.15) is 22.5 Å². The van der Waals surface area contributed by atoms with E-state index in [-0.39, 0.29) is 13.0 Å². The Morgan fingerprint density at radius 2 is 2.40 bits per heavy atom. The number of carbonyl (C=O) groups is 2. The number of hydrogen-bond donors (Lipinski definition) is 0. The van der Waals surface area contributed by atoms with Crippen LogP contribution in [0.2, 0.25) is 0 Å². The van der Waals surface area contributed by atoms with Crippen molar-refractivity contribution in [2.75, 3.05) is 0 Å². The highest BCUT2D eigenvalue weighted by atomic mass is 16.5. The van der Waals surface area contributed by atoms with Crippen LogP contribution in [0.25, 0.3) is 0 Å². The molecule has 0 saturated carbocycles. The molecule has 0 atom stereocenters. The van der Waals surface area contributed by atoms with Gasteiger partial charge in [-0.15, -0.1) is 6.42 Å². The standard InChI is InChI=1S/C11H9NO3/c1-2-3-11(14)15-8-9-4-5-10(7-13)12-6-9/h1,4-7H,3,8H2. The van der Waals surface area contributed by atoms with Gasteiger partial charge in [-0.1, -0.05) is 12.0 Å². The lowest BCUT2D eigenvalue weighted by Gasteiger charge is -2.02. The molecule has 0 aromatic carbocycles. The molecule has 4 nitrogen and oxygen atoms in total. The second kappa shape index (κ2) is 5.55. The van der Waals surface area contributed by atoms with Gasteiger partial charge in [0.05, 0.1) is 0 Å². The molecular weight excluding hydrogens is 194 g/mol. The van der Waals surface area contributed by atoms with Gasteiger partial charge in [-0.2, -0.15) is 0 Å². The normalized spacial score (nSPS) is 9.00. The summed E-state index contributed by atoms with van der Waals surface area (Å²) in [5.41, 5.74) is 1.06. The zero-order chi connectivity index (χ0) is 11.1. The lowest BCUT2D eigenvalue weighted by molar-refractivity contribution is -0.143. The van der Waals surface area contributed by atoms with Gasteiger partial charge in [-0.05, 0) is 6.07 Å². The van der Waals surface area contributed by atoms with Crippen molar-refractivity contribution in [3.63, 3.8) is 0 Å². The Labute approximate surface area is 87.3 Å². The highest BCUT2D eigenvalue weighted by Gasteiger charge is 2.01. The first-order chi connectivity index (χ1) is 7.26. The number of esters is 1. The molecule has 1 aromatic heterocycles. The van der Waals surface area contributed by atoms with Crippen LogP contribution < -0.4 is 0 Å². The quantitative estimate of drug-likeness (QED) is 0.415. The van der Waals surface area contributed by atoms with Crippen LogP contribution in [-0.2, 0) is 16.1 Å². The molecule has 0 radical (unpaired) electrons. The molecule has 15 heavy (non-hydrogen) atoms. The first-order valence-electron chi connectivity index (χ1n) is 4.25. The Morgan fingerprint density at radius 1 is 1.60 bits per heavy atom. The molecule has 0 fully saturated rings. The summed E-state index contributed by atoms with van der Waals surface area (Å²) in [4.78, 5) is 25.0. The zero-order valence-electron chi connectivity index (χ0n) is 7.97. The molecule has 4 heteroatoms. The second-order valence-electron chi connectivity index (χ2n) is 2.75. The second-order valence-corrected chi connectivity index (χ2v) is 2.75. The molecule has 0 spiro atoms. The lowest BCUT2D eigenvalue weighted by Crippen LogP contribution is -2.03. The number of terminal acetylenes is 1. The van der Waals surface area contributed by atoms with Gasteiger partial charge < -0.3 is 4.74 Å². The number of carbonyl (C=O) groups excluding carboxylic acids is 2. The molecule has 0 aliphatic rings. The van der Waals surface area contributed by atoms with Gasteiger partial charge in [-0.3, -0.25) is 14.6 Å². The third-order valence-corrected chi connectivity index (χ3v) is 1.61. The van der Waals surface area contributed by atoms with E-state index in [0.717, 1.165) is 0 Å². The highest BCUT2D eigenvalue weighted by Crippen LogP contribution is 2.01. The number of nitrogens with zero attached hydrogens (tertiary/aromatic N) is 1. The van der Waals surface area contributed by atoms with Gasteiger partial charge in [0.15, 0.2) is 6.29 Å². The van der Waals surface area contributed by atoms with E-state index >= 15 is 0 Å². The van der Waals surface area contributed by atoms with Crippen LogP contribution in [0.5, 0.6) is 0 Å². The molecule has 1 rings (SSSR count). The fourth-order valence-corrected chi connectivity index (χ4v) is 0.889. The number of pyridine rings is 1. The number of hydrogen-bond acceptors (Lipinski definition) is 4. The molecule has 0 unspecified atom stereocenters. The molecule has 76 valence electrons. The third-order valence-electron chi connectivity index (χ3n) is 1.61. The number of rotatable bonds is 4. The van der Waals surface area contributed by atoms with E-state index in [9.17, 15) is 9.59 Å². The van der Waals surface area contributed by atoms with Gasteiger partial charge in [0.1, 0.15) is 18.7 Å². The Kier molecular flexibility index (Phi) is 4.05. The van der Waals surface area contributed by atoms with E-state index < -0.39 is 5.97 Å². The van der Waals surface area contributed by atoms with Crippen molar-refractivity contribution in [2.24, 2.45) is 0 Å². The lowest BCUT2D eigenvalue weighted by atomic mass is 10.3.